The maximum absolute atomic E-state index is 13.5. The molecule has 0 saturated carbocycles. The average molecular weight is 536 g/mol. The van der Waals surface area contributed by atoms with Crippen molar-refractivity contribution in [3.63, 3.8) is 0 Å². The molecule has 3 aromatic heterocycles. The summed E-state index contributed by atoms with van der Waals surface area (Å²) in [4.78, 5) is 19.9. The van der Waals surface area contributed by atoms with Crippen molar-refractivity contribution >= 4 is 28.2 Å². The van der Waals surface area contributed by atoms with E-state index in [9.17, 15) is 4.79 Å². The molecule has 0 spiro atoms. The number of fused-ring (bicyclic) bond motifs is 1. The molecule has 2 N–H and O–H groups in total. The first-order chi connectivity index (χ1) is 19.5. The molecule has 40 heavy (non-hydrogen) atoms. The first-order valence-electron chi connectivity index (χ1n) is 13.7. The van der Waals surface area contributed by atoms with E-state index < -0.39 is 0 Å². The summed E-state index contributed by atoms with van der Waals surface area (Å²) in [5.74, 6) is 1.36. The molecule has 1 fully saturated rings. The molecule has 204 valence electrons. The lowest BCUT2D eigenvalue weighted by atomic mass is 10.0. The van der Waals surface area contributed by atoms with Crippen LogP contribution < -0.4 is 10.6 Å². The van der Waals surface area contributed by atoms with Crippen LogP contribution in [0.25, 0.3) is 10.8 Å². The van der Waals surface area contributed by atoms with E-state index >= 15 is 0 Å². The van der Waals surface area contributed by atoms with Gasteiger partial charge in [-0.25, -0.2) is 4.98 Å². The van der Waals surface area contributed by atoms with Crippen LogP contribution in [0.5, 0.6) is 0 Å². The normalized spacial score (nSPS) is 13.7. The van der Waals surface area contributed by atoms with Gasteiger partial charge >= 0.3 is 0 Å². The number of hydrogen-bond donors (Lipinski definition) is 1. The number of nitrogens with two attached hydrogens (primary N) is 1. The van der Waals surface area contributed by atoms with Crippen LogP contribution in [0.3, 0.4) is 0 Å². The lowest BCUT2D eigenvalue weighted by molar-refractivity contribution is 0.0981. The van der Waals surface area contributed by atoms with Crippen molar-refractivity contribution < 1.29 is 9.53 Å². The van der Waals surface area contributed by atoms with Crippen LogP contribution in [0, 0.1) is 6.92 Å². The maximum Gasteiger partial charge on any atom is 0.168 e. The third-order valence-electron chi connectivity index (χ3n) is 7.33. The van der Waals surface area contributed by atoms with Crippen LogP contribution in [-0.2, 0) is 24.2 Å². The highest BCUT2D eigenvalue weighted by atomic mass is 16.5. The molecule has 9 heteroatoms. The third kappa shape index (κ3) is 5.74. The Morgan fingerprint density at radius 1 is 0.950 bits per heavy atom. The summed E-state index contributed by atoms with van der Waals surface area (Å²) in [6.45, 7) is 6.07. The Bertz CT molecular complexity index is 1630. The van der Waals surface area contributed by atoms with Crippen LogP contribution in [0.4, 0.5) is 11.6 Å². The van der Waals surface area contributed by atoms with Crippen molar-refractivity contribution in [1.29, 1.82) is 0 Å². The van der Waals surface area contributed by atoms with Crippen molar-refractivity contribution in [2.75, 3.05) is 36.9 Å². The van der Waals surface area contributed by atoms with E-state index in [0.717, 1.165) is 52.9 Å². The molecular weight excluding hydrogens is 502 g/mol. The quantitative estimate of drug-likeness (QED) is 0.281. The Kier molecular flexibility index (Phi) is 7.29. The van der Waals surface area contributed by atoms with Crippen LogP contribution in [0.1, 0.15) is 39.0 Å². The predicted octanol–water partition coefficient (Wildman–Crippen LogP) is 4.27. The Balaban J connectivity index is 1.18. The number of anilines is 2. The van der Waals surface area contributed by atoms with Crippen molar-refractivity contribution in [2.24, 2.45) is 0 Å². The van der Waals surface area contributed by atoms with E-state index in [-0.39, 0.29) is 5.78 Å². The number of aromatic nitrogens is 5. The van der Waals surface area contributed by atoms with Gasteiger partial charge in [-0.1, -0.05) is 42.5 Å². The number of hydrogen-bond acceptors (Lipinski definition) is 7. The molecular formula is C31H33N7O2. The highest BCUT2D eigenvalue weighted by Crippen LogP contribution is 2.25. The Labute approximate surface area is 233 Å². The molecule has 1 saturated heterocycles. The number of benzene rings is 2. The largest absolute Gasteiger partial charge is 0.383 e. The fourth-order valence-electron chi connectivity index (χ4n) is 5.17. The predicted molar refractivity (Wildman–Crippen MR) is 156 cm³/mol. The lowest BCUT2D eigenvalue weighted by Gasteiger charge is -2.27. The molecule has 5 aromatic rings. The summed E-state index contributed by atoms with van der Waals surface area (Å²) in [7, 11) is 0. The molecule has 9 nitrogen and oxygen atoms in total. The molecule has 1 aliphatic heterocycles. The van der Waals surface area contributed by atoms with Crippen molar-refractivity contribution in [2.45, 2.75) is 32.9 Å². The molecule has 0 aliphatic carbocycles. The molecule has 0 radical (unpaired) electrons. The van der Waals surface area contributed by atoms with Crippen LogP contribution in [-0.4, -0.2) is 56.6 Å². The lowest BCUT2D eigenvalue weighted by Crippen LogP contribution is -2.37. The zero-order valence-corrected chi connectivity index (χ0v) is 22.7. The van der Waals surface area contributed by atoms with Gasteiger partial charge in [-0.2, -0.15) is 10.2 Å². The number of carbonyl (C=O) groups is 1. The SMILES string of the molecule is Cc1cnn(Cc2ccc(Cn3cc(C(=O)CCc4ccc5c(N)nccc5c4)c(N4CCOCC4)n3)cc2)c1. The summed E-state index contributed by atoms with van der Waals surface area (Å²) in [5.41, 5.74) is 11.2. The molecule has 2 aromatic carbocycles. The van der Waals surface area contributed by atoms with Gasteiger partial charge < -0.3 is 15.4 Å². The van der Waals surface area contributed by atoms with Crippen LogP contribution in [0.15, 0.2) is 73.3 Å². The first-order valence-corrected chi connectivity index (χ1v) is 13.7. The second kappa shape index (κ2) is 11.3. The highest BCUT2D eigenvalue weighted by Gasteiger charge is 2.23. The monoisotopic (exact) mass is 535 g/mol. The number of carbonyl (C=O) groups excluding carboxylic acids is 1. The summed E-state index contributed by atoms with van der Waals surface area (Å²) < 4.78 is 9.37. The van der Waals surface area contributed by atoms with Crippen LogP contribution >= 0.6 is 0 Å². The van der Waals surface area contributed by atoms with Gasteiger partial charge in [0.25, 0.3) is 0 Å². The smallest absolute Gasteiger partial charge is 0.168 e. The summed E-state index contributed by atoms with van der Waals surface area (Å²) in [6, 6.07) is 16.5. The maximum atomic E-state index is 13.5. The van der Waals surface area contributed by atoms with Gasteiger partial charge in [0.05, 0.1) is 38.1 Å². The number of nitrogen functional groups attached to an aromatic ring is 1. The zero-order chi connectivity index (χ0) is 27.5. The molecule has 0 atom stereocenters. The minimum absolute atomic E-state index is 0.0898. The number of pyridine rings is 1. The number of Topliss-reactive ketones (excluding diaryl/α,β-unsaturated/α-hetero) is 1. The number of ether oxygens (including phenoxy) is 1. The second-order valence-corrected chi connectivity index (χ2v) is 10.4. The van der Waals surface area contributed by atoms with Crippen molar-refractivity contribution in [1.82, 2.24) is 24.5 Å². The topological polar surface area (TPSA) is 104 Å². The van der Waals surface area contributed by atoms with Gasteiger partial charge in [0.15, 0.2) is 11.6 Å². The highest BCUT2D eigenvalue weighted by molar-refractivity contribution is 6.00. The molecule has 0 unspecified atom stereocenters. The Morgan fingerprint density at radius 3 is 2.40 bits per heavy atom. The number of ketones is 1. The van der Waals surface area contributed by atoms with Crippen LogP contribution in [0.2, 0.25) is 0 Å². The standard InChI is InChI=1S/C31H33N7O2/c1-22-17-34-37(18-22)19-24-2-4-25(5-3-24)20-38-21-28(31(35-38)36-12-14-40-15-13-36)29(39)9-7-23-6-8-27-26(16-23)10-11-33-30(27)32/h2-6,8,10-11,16-18,21H,7,9,12-15,19-20H2,1H3,(H2,32,33). The Hall–Kier alpha value is -4.50. The minimum atomic E-state index is 0.0898. The summed E-state index contributed by atoms with van der Waals surface area (Å²) >= 11 is 0. The van der Waals surface area contributed by atoms with Gasteiger partial charge in [0, 0.05) is 43.5 Å². The van der Waals surface area contributed by atoms with Gasteiger partial charge in [0.2, 0.25) is 0 Å². The van der Waals surface area contributed by atoms with E-state index in [4.69, 9.17) is 15.6 Å². The van der Waals surface area contributed by atoms with E-state index in [1.807, 2.05) is 53.1 Å². The number of aryl methyl sites for hydroxylation is 2. The number of nitrogens with zero attached hydrogens (tertiary/aromatic N) is 6. The van der Waals surface area contributed by atoms with E-state index in [1.165, 1.54) is 5.56 Å². The van der Waals surface area contributed by atoms with E-state index in [1.54, 1.807) is 6.20 Å². The van der Waals surface area contributed by atoms with Gasteiger partial charge in [-0.15, -0.1) is 0 Å². The fraction of sp³-hybridized carbons (Fsp3) is 0.290. The number of rotatable bonds is 9. The molecule has 4 heterocycles. The van der Waals surface area contributed by atoms with Gasteiger partial charge in [-0.3, -0.25) is 14.2 Å². The van der Waals surface area contributed by atoms with E-state index in [2.05, 4.69) is 45.3 Å². The molecule has 1 aliphatic rings. The van der Waals surface area contributed by atoms with E-state index in [0.29, 0.717) is 44.0 Å². The molecule has 6 rings (SSSR count). The van der Waals surface area contributed by atoms with Crippen molar-refractivity contribution in [3.8, 4) is 0 Å². The molecule has 0 amide bonds. The summed E-state index contributed by atoms with van der Waals surface area (Å²) in [6.07, 6.45) is 8.56. The van der Waals surface area contributed by atoms with Gasteiger partial charge in [-0.05, 0) is 47.1 Å². The fourth-order valence-corrected chi connectivity index (χ4v) is 5.17. The average Bonchev–Trinajstić information content (AvgIpc) is 3.59. The number of morpholine rings is 1. The van der Waals surface area contributed by atoms with Gasteiger partial charge in [0.1, 0.15) is 5.82 Å². The molecule has 0 bridgehead atoms. The first kappa shape index (κ1) is 25.8. The van der Waals surface area contributed by atoms with Crippen molar-refractivity contribution in [3.05, 3.63) is 101 Å². The summed E-state index contributed by atoms with van der Waals surface area (Å²) in [5, 5.41) is 11.2. The Morgan fingerprint density at radius 2 is 1.68 bits per heavy atom. The zero-order valence-electron chi connectivity index (χ0n) is 22.7. The minimum Gasteiger partial charge on any atom is -0.383 e. The third-order valence-corrected chi connectivity index (χ3v) is 7.33. The second-order valence-electron chi connectivity index (χ2n) is 10.4.